The lowest BCUT2D eigenvalue weighted by Gasteiger charge is -2.18. The zero-order chi connectivity index (χ0) is 16.9. The number of halogens is 2. The third-order valence-electron chi connectivity index (χ3n) is 3.71. The van der Waals surface area contributed by atoms with Crippen LogP contribution in [0.4, 0.5) is 14.9 Å². The van der Waals surface area contributed by atoms with Gasteiger partial charge in [0.1, 0.15) is 5.82 Å². The van der Waals surface area contributed by atoms with E-state index in [1.807, 2.05) is 18.2 Å². The predicted octanol–water partition coefficient (Wildman–Crippen LogP) is 3.62. The van der Waals surface area contributed by atoms with Gasteiger partial charge in [-0.3, -0.25) is 4.98 Å². The van der Waals surface area contributed by atoms with E-state index in [1.165, 1.54) is 12.1 Å². The van der Waals surface area contributed by atoms with E-state index >= 15 is 0 Å². The largest absolute Gasteiger partial charge is 0.330 e. The molecule has 5 nitrogen and oxygen atoms in total. The Morgan fingerprint density at radius 2 is 1.88 bits per heavy atom. The van der Waals surface area contributed by atoms with Crippen LogP contribution in [0.3, 0.4) is 0 Å². The predicted molar refractivity (Wildman–Crippen MR) is 99.3 cm³/mol. The summed E-state index contributed by atoms with van der Waals surface area (Å²) in [6.45, 7) is 0.211. The molecule has 25 heavy (non-hydrogen) atoms. The molecule has 4 N–H and O–H groups in total. The molecule has 0 radical (unpaired) electrons. The number of carbonyl (C=O) groups is 1. The maximum atomic E-state index is 13.0. The number of fused-ring (bicyclic) bond motifs is 1. The van der Waals surface area contributed by atoms with E-state index in [9.17, 15) is 9.18 Å². The van der Waals surface area contributed by atoms with Crippen molar-refractivity contribution < 1.29 is 9.18 Å². The van der Waals surface area contributed by atoms with Gasteiger partial charge in [0.15, 0.2) is 0 Å². The molecule has 1 aromatic heterocycles. The van der Waals surface area contributed by atoms with Gasteiger partial charge in [-0.1, -0.05) is 18.2 Å². The van der Waals surface area contributed by atoms with Gasteiger partial charge in [-0.05, 0) is 41.3 Å². The lowest BCUT2D eigenvalue weighted by molar-refractivity contribution is 0.249. The lowest BCUT2D eigenvalue weighted by atomic mass is 10.1. The van der Waals surface area contributed by atoms with Gasteiger partial charge >= 0.3 is 6.03 Å². The first-order chi connectivity index (χ1) is 11.7. The maximum absolute atomic E-state index is 13.0. The molecule has 1 unspecified atom stereocenters. The van der Waals surface area contributed by atoms with Crippen molar-refractivity contribution >= 4 is 34.9 Å². The molecule has 130 valence electrons. The van der Waals surface area contributed by atoms with E-state index in [0.29, 0.717) is 5.69 Å². The van der Waals surface area contributed by atoms with E-state index in [1.54, 1.807) is 30.6 Å². The normalized spacial score (nSPS) is 11.4. The Morgan fingerprint density at radius 3 is 2.60 bits per heavy atom. The molecule has 0 aliphatic heterocycles. The highest BCUT2D eigenvalue weighted by molar-refractivity contribution is 5.93. The first-order valence-corrected chi connectivity index (χ1v) is 7.52. The zero-order valence-corrected chi connectivity index (χ0v) is 14.1. The van der Waals surface area contributed by atoms with Crippen molar-refractivity contribution in [1.29, 1.82) is 0 Å². The van der Waals surface area contributed by atoms with Crippen LogP contribution >= 0.6 is 12.4 Å². The average Bonchev–Trinajstić information content (AvgIpc) is 2.60. The Balaban J connectivity index is 0.00000225. The summed E-state index contributed by atoms with van der Waals surface area (Å²) in [7, 11) is 0. The van der Waals surface area contributed by atoms with Crippen molar-refractivity contribution in [3.63, 3.8) is 0 Å². The van der Waals surface area contributed by atoms with E-state index in [2.05, 4.69) is 15.6 Å². The Kier molecular flexibility index (Phi) is 6.27. The highest BCUT2D eigenvalue weighted by Crippen LogP contribution is 2.18. The molecule has 2 aromatic carbocycles. The van der Waals surface area contributed by atoms with Gasteiger partial charge < -0.3 is 16.4 Å². The van der Waals surface area contributed by atoms with Crippen LogP contribution in [0, 0.1) is 5.82 Å². The SMILES string of the molecule is Cl.NCC(NC(=O)Nc1ccc2cnccc2c1)c1ccc(F)cc1. The van der Waals surface area contributed by atoms with E-state index in [0.717, 1.165) is 16.3 Å². The second kappa shape index (κ2) is 8.41. The second-order valence-corrected chi connectivity index (χ2v) is 5.38. The third kappa shape index (κ3) is 4.65. The number of nitrogens with one attached hydrogen (secondary N) is 2. The summed E-state index contributed by atoms with van der Waals surface area (Å²) in [4.78, 5) is 16.2. The minimum Gasteiger partial charge on any atom is -0.330 e. The van der Waals surface area contributed by atoms with E-state index < -0.39 is 6.04 Å². The van der Waals surface area contributed by atoms with Crippen LogP contribution in [0.25, 0.3) is 10.8 Å². The van der Waals surface area contributed by atoms with Crippen LogP contribution in [-0.4, -0.2) is 17.6 Å². The number of anilines is 1. The fourth-order valence-corrected chi connectivity index (χ4v) is 2.46. The molecule has 1 heterocycles. The van der Waals surface area contributed by atoms with Gasteiger partial charge in [-0.15, -0.1) is 12.4 Å². The molecule has 0 aliphatic carbocycles. The van der Waals surface area contributed by atoms with Crippen LogP contribution in [-0.2, 0) is 0 Å². The summed E-state index contributed by atoms with van der Waals surface area (Å²) in [5, 5.41) is 7.55. The van der Waals surface area contributed by atoms with Gasteiger partial charge in [0, 0.05) is 30.0 Å². The smallest absolute Gasteiger partial charge is 0.319 e. The fraction of sp³-hybridized carbons (Fsp3) is 0.111. The number of amides is 2. The van der Waals surface area contributed by atoms with Crippen molar-refractivity contribution in [2.24, 2.45) is 5.73 Å². The van der Waals surface area contributed by atoms with Gasteiger partial charge in [0.25, 0.3) is 0 Å². The van der Waals surface area contributed by atoms with Crippen LogP contribution in [0.1, 0.15) is 11.6 Å². The van der Waals surface area contributed by atoms with Crippen LogP contribution in [0.2, 0.25) is 0 Å². The van der Waals surface area contributed by atoms with Gasteiger partial charge in [-0.25, -0.2) is 9.18 Å². The van der Waals surface area contributed by atoms with Crippen LogP contribution in [0.5, 0.6) is 0 Å². The highest BCUT2D eigenvalue weighted by atomic mass is 35.5. The van der Waals surface area contributed by atoms with Crippen LogP contribution in [0.15, 0.2) is 60.9 Å². The number of hydrogen-bond donors (Lipinski definition) is 3. The standard InChI is InChI=1S/C18H17FN4O.ClH/c19-15-4-1-12(2-5-15)17(10-20)23-18(24)22-16-6-3-14-11-21-8-7-13(14)9-16;/h1-9,11,17H,10,20H2,(H2,22,23,24);1H. The summed E-state index contributed by atoms with van der Waals surface area (Å²) in [5.74, 6) is -0.329. The minimum atomic E-state index is -0.393. The molecular weight excluding hydrogens is 343 g/mol. The van der Waals surface area contributed by atoms with Crippen molar-refractivity contribution in [2.75, 3.05) is 11.9 Å². The lowest BCUT2D eigenvalue weighted by Crippen LogP contribution is -2.36. The summed E-state index contributed by atoms with van der Waals surface area (Å²) < 4.78 is 13.0. The molecule has 0 saturated heterocycles. The Labute approximate surface area is 150 Å². The first kappa shape index (κ1) is 18.6. The zero-order valence-electron chi connectivity index (χ0n) is 13.3. The topological polar surface area (TPSA) is 80.0 Å². The Morgan fingerprint density at radius 1 is 1.12 bits per heavy atom. The molecule has 0 aliphatic rings. The summed E-state index contributed by atoms with van der Waals surface area (Å²) in [6.07, 6.45) is 3.46. The molecule has 0 saturated carbocycles. The first-order valence-electron chi connectivity index (χ1n) is 7.52. The van der Waals surface area contributed by atoms with E-state index in [-0.39, 0.29) is 30.8 Å². The Bertz CT molecular complexity index is 857. The molecule has 2 amide bonds. The average molecular weight is 361 g/mol. The number of nitrogens with two attached hydrogens (primary N) is 1. The number of nitrogens with zero attached hydrogens (tertiary/aromatic N) is 1. The molecule has 0 bridgehead atoms. The fourth-order valence-electron chi connectivity index (χ4n) is 2.46. The van der Waals surface area contributed by atoms with Crippen molar-refractivity contribution in [2.45, 2.75) is 6.04 Å². The summed E-state index contributed by atoms with van der Waals surface area (Å²) >= 11 is 0. The number of pyridine rings is 1. The number of carbonyl (C=O) groups excluding carboxylic acids is 1. The molecule has 3 aromatic rings. The number of benzene rings is 2. The van der Waals surface area contributed by atoms with Crippen molar-refractivity contribution in [1.82, 2.24) is 10.3 Å². The highest BCUT2D eigenvalue weighted by Gasteiger charge is 2.13. The van der Waals surface area contributed by atoms with Gasteiger partial charge in [-0.2, -0.15) is 0 Å². The van der Waals surface area contributed by atoms with Gasteiger partial charge in [0.2, 0.25) is 0 Å². The molecule has 1 atom stereocenters. The number of aromatic nitrogens is 1. The van der Waals surface area contributed by atoms with E-state index in [4.69, 9.17) is 5.73 Å². The Hall–Kier alpha value is -2.70. The number of urea groups is 1. The third-order valence-corrected chi connectivity index (χ3v) is 3.71. The maximum Gasteiger partial charge on any atom is 0.319 e. The van der Waals surface area contributed by atoms with Crippen molar-refractivity contribution in [3.05, 3.63) is 72.3 Å². The van der Waals surface area contributed by atoms with Crippen molar-refractivity contribution in [3.8, 4) is 0 Å². The summed E-state index contributed by atoms with van der Waals surface area (Å²) in [5.41, 5.74) is 7.13. The molecular formula is C18H18ClFN4O. The minimum absolute atomic E-state index is 0. The molecule has 0 spiro atoms. The van der Waals surface area contributed by atoms with Gasteiger partial charge in [0.05, 0.1) is 6.04 Å². The molecule has 0 fully saturated rings. The molecule has 7 heteroatoms. The quantitative estimate of drug-likeness (QED) is 0.664. The number of hydrogen-bond acceptors (Lipinski definition) is 3. The van der Waals surface area contributed by atoms with Crippen LogP contribution < -0.4 is 16.4 Å². The molecule has 3 rings (SSSR count). The second-order valence-electron chi connectivity index (χ2n) is 5.38. The summed E-state index contributed by atoms with van der Waals surface area (Å²) in [6, 6.07) is 12.6. The number of rotatable bonds is 4. The monoisotopic (exact) mass is 360 g/mol.